The number of carbonyl (C=O) groups is 1. The van der Waals surface area contributed by atoms with E-state index in [1.807, 2.05) is 0 Å². The van der Waals surface area contributed by atoms with E-state index in [0.29, 0.717) is 36.9 Å². The third-order valence-corrected chi connectivity index (χ3v) is 4.83. The number of rotatable bonds is 5. The summed E-state index contributed by atoms with van der Waals surface area (Å²) in [6.45, 7) is 3.37. The molecule has 0 saturated carbocycles. The Labute approximate surface area is 162 Å². The van der Waals surface area contributed by atoms with Crippen molar-refractivity contribution in [2.24, 2.45) is 0 Å². The molecule has 0 radical (unpaired) electrons. The summed E-state index contributed by atoms with van der Waals surface area (Å²) >= 11 is 0. The van der Waals surface area contributed by atoms with E-state index in [1.54, 1.807) is 30.3 Å². The van der Waals surface area contributed by atoms with E-state index in [-0.39, 0.29) is 24.7 Å². The van der Waals surface area contributed by atoms with E-state index in [0.717, 1.165) is 18.7 Å². The number of carbonyl (C=O) groups excluding carboxylic acids is 1. The average Bonchev–Trinajstić information content (AvgIpc) is 3.18. The van der Waals surface area contributed by atoms with Crippen molar-refractivity contribution in [2.45, 2.75) is 6.04 Å². The van der Waals surface area contributed by atoms with Crippen LogP contribution < -0.4 is 20.1 Å². The molecule has 7 nitrogen and oxygen atoms in total. The number of amides is 2. The largest absolute Gasteiger partial charge is 0.454 e. The lowest BCUT2D eigenvalue weighted by atomic mass is 10.0. The maximum atomic E-state index is 13.3. The molecule has 1 fully saturated rings. The van der Waals surface area contributed by atoms with Gasteiger partial charge in [0.05, 0.1) is 19.3 Å². The Bertz CT molecular complexity index is 825. The van der Waals surface area contributed by atoms with Crippen LogP contribution in [-0.2, 0) is 4.74 Å². The van der Waals surface area contributed by atoms with Gasteiger partial charge in [-0.2, -0.15) is 0 Å². The molecule has 148 valence electrons. The summed E-state index contributed by atoms with van der Waals surface area (Å²) in [6, 6.07) is 11.2. The SMILES string of the molecule is O=C(NCC(c1ccc(F)cc1)N1CCOCC1)Nc1ccc2c(c1)OCO2. The van der Waals surface area contributed by atoms with Crippen LogP contribution in [0.5, 0.6) is 11.5 Å². The molecule has 8 heteroatoms. The number of anilines is 1. The molecule has 2 aromatic rings. The van der Waals surface area contributed by atoms with Crippen molar-refractivity contribution in [2.75, 3.05) is 45.0 Å². The lowest BCUT2D eigenvalue weighted by Crippen LogP contribution is -2.44. The van der Waals surface area contributed by atoms with Gasteiger partial charge in [0.25, 0.3) is 0 Å². The van der Waals surface area contributed by atoms with Gasteiger partial charge >= 0.3 is 6.03 Å². The number of hydrogen-bond donors (Lipinski definition) is 2. The van der Waals surface area contributed by atoms with Gasteiger partial charge in [0.2, 0.25) is 6.79 Å². The molecule has 2 aromatic carbocycles. The van der Waals surface area contributed by atoms with Gasteiger partial charge < -0.3 is 24.8 Å². The summed E-state index contributed by atoms with van der Waals surface area (Å²) < 4.78 is 29.3. The van der Waals surface area contributed by atoms with Gasteiger partial charge in [-0.25, -0.2) is 9.18 Å². The van der Waals surface area contributed by atoms with Crippen LogP contribution in [0.4, 0.5) is 14.9 Å². The third-order valence-electron chi connectivity index (χ3n) is 4.83. The van der Waals surface area contributed by atoms with Crippen molar-refractivity contribution in [3.63, 3.8) is 0 Å². The standard InChI is InChI=1S/C20H22FN3O4/c21-15-3-1-14(2-4-15)17(24-7-9-26-10-8-24)12-22-20(25)23-16-5-6-18-19(11-16)28-13-27-18/h1-6,11,17H,7-10,12-13H2,(H2,22,23,25). The van der Waals surface area contributed by atoms with Crippen LogP contribution in [0.3, 0.4) is 0 Å². The zero-order valence-corrected chi connectivity index (χ0v) is 15.3. The molecule has 0 aliphatic carbocycles. The minimum absolute atomic E-state index is 0.0630. The van der Waals surface area contributed by atoms with E-state index in [9.17, 15) is 9.18 Å². The minimum atomic E-state index is -0.320. The second-order valence-electron chi connectivity index (χ2n) is 6.62. The molecule has 0 spiro atoms. The quantitative estimate of drug-likeness (QED) is 0.826. The molecule has 0 aromatic heterocycles. The van der Waals surface area contributed by atoms with Crippen LogP contribution in [0.15, 0.2) is 42.5 Å². The number of fused-ring (bicyclic) bond motifs is 1. The summed E-state index contributed by atoms with van der Waals surface area (Å²) in [5.41, 5.74) is 1.57. The molecule has 0 bridgehead atoms. The van der Waals surface area contributed by atoms with Crippen molar-refractivity contribution in [1.82, 2.24) is 10.2 Å². The second-order valence-corrected chi connectivity index (χ2v) is 6.62. The summed E-state index contributed by atoms with van der Waals surface area (Å²) in [5.74, 6) is 0.989. The monoisotopic (exact) mass is 387 g/mol. The molecule has 1 saturated heterocycles. The van der Waals surface area contributed by atoms with Gasteiger partial charge in [-0.3, -0.25) is 4.90 Å². The fourth-order valence-corrected chi connectivity index (χ4v) is 3.37. The summed E-state index contributed by atoms with van der Waals surface area (Å²) in [4.78, 5) is 14.6. The smallest absolute Gasteiger partial charge is 0.319 e. The molecule has 1 unspecified atom stereocenters. The predicted molar refractivity (Wildman–Crippen MR) is 101 cm³/mol. The number of nitrogens with zero attached hydrogens (tertiary/aromatic N) is 1. The molecule has 2 aliphatic heterocycles. The normalized spacial score (nSPS) is 17.2. The molecule has 4 rings (SSSR count). The topological polar surface area (TPSA) is 72.1 Å². The third kappa shape index (κ3) is 4.35. The fourth-order valence-electron chi connectivity index (χ4n) is 3.37. The highest BCUT2D eigenvalue weighted by Crippen LogP contribution is 2.34. The first-order valence-electron chi connectivity index (χ1n) is 9.21. The van der Waals surface area contributed by atoms with Crippen LogP contribution in [0.2, 0.25) is 0 Å². The van der Waals surface area contributed by atoms with Gasteiger partial charge in [0.1, 0.15) is 5.82 Å². The molecular formula is C20H22FN3O4. The maximum absolute atomic E-state index is 13.3. The molecule has 2 aliphatic rings. The van der Waals surface area contributed by atoms with Crippen LogP contribution in [0.1, 0.15) is 11.6 Å². The Morgan fingerprint density at radius 3 is 2.61 bits per heavy atom. The molecule has 28 heavy (non-hydrogen) atoms. The van der Waals surface area contributed by atoms with Gasteiger partial charge in [-0.15, -0.1) is 0 Å². The van der Waals surface area contributed by atoms with Crippen LogP contribution in [0, 0.1) is 5.82 Å². The van der Waals surface area contributed by atoms with E-state index in [1.165, 1.54) is 12.1 Å². The zero-order valence-electron chi connectivity index (χ0n) is 15.3. The molecule has 2 heterocycles. The van der Waals surface area contributed by atoms with Crippen LogP contribution in [0.25, 0.3) is 0 Å². The van der Waals surface area contributed by atoms with Gasteiger partial charge in [-0.05, 0) is 29.8 Å². The fraction of sp³-hybridized carbons (Fsp3) is 0.350. The predicted octanol–water partition coefficient (Wildman–Crippen LogP) is 2.75. The highest BCUT2D eigenvalue weighted by Gasteiger charge is 2.23. The van der Waals surface area contributed by atoms with E-state index >= 15 is 0 Å². The Morgan fingerprint density at radius 2 is 1.82 bits per heavy atom. The second kappa shape index (κ2) is 8.45. The molecule has 2 amide bonds. The van der Waals surface area contributed by atoms with Gasteiger partial charge in [0.15, 0.2) is 11.5 Å². The summed E-state index contributed by atoms with van der Waals surface area (Å²) in [6.07, 6.45) is 0. The number of benzene rings is 2. The van der Waals surface area contributed by atoms with Crippen molar-refractivity contribution in [3.05, 3.63) is 53.8 Å². The first-order valence-corrected chi connectivity index (χ1v) is 9.21. The number of ether oxygens (including phenoxy) is 3. The Kier molecular flexibility index (Phi) is 5.59. The van der Waals surface area contributed by atoms with Gasteiger partial charge in [0, 0.05) is 31.4 Å². The lowest BCUT2D eigenvalue weighted by molar-refractivity contribution is 0.0167. The van der Waals surface area contributed by atoms with E-state index in [4.69, 9.17) is 14.2 Å². The van der Waals surface area contributed by atoms with Crippen LogP contribution >= 0.6 is 0 Å². The summed E-state index contributed by atoms with van der Waals surface area (Å²) in [7, 11) is 0. The maximum Gasteiger partial charge on any atom is 0.319 e. The first kappa shape index (κ1) is 18.5. The van der Waals surface area contributed by atoms with Crippen molar-refractivity contribution in [3.8, 4) is 11.5 Å². The summed E-state index contributed by atoms with van der Waals surface area (Å²) in [5, 5.41) is 5.71. The number of halogens is 1. The highest BCUT2D eigenvalue weighted by atomic mass is 19.1. The average molecular weight is 387 g/mol. The van der Waals surface area contributed by atoms with Crippen molar-refractivity contribution < 1.29 is 23.4 Å². The van der Waals surface area contributed by atoms with Crippen molar-refractivity contribution >= 4 is 11.7 Å². The van der Waals surface area contributed by atoms with Gasteiger partial charge in [-0.1, -0.05) is 12.1 Å². The Hall–Kier alpha value is -2.84. The highest BCUT2D eigenvalue weighted by molar-refractivity contribution is 5.89. The number of hydrogen-bond acceptors (Lipinski definition) is 5. The van der Waals surface area contributed by atoms with E-state index < -0.39 is 0 Å². The first-order chi connectivity index (χ1) is 13.7. The number of morpholine rings is 1. The lowest BCUT2D eigenvalue weighted by Gasteiger charge is -2.34. The zero-order chi connectivity index (χ0) is 19.3. The number of urea groups is 1. The molecule has 2 N–H and O–H groups in total. The minimum Gasteiger partial charge on any atom is -0.454 e. The van der Waals surface area contributed by atoms with E-state index in [2.05, 4.69) is 15.5 Å². The molecule has 1 atom stereocenters. The Balaban J connectivity index is 1.40. The molecular weight excluding hydrogens is 365 g/mol. The van der Waals surface area contributed by atoms with Crippen molar-refractivity contribution in [1.29, 1.82) is 0 Å². The van der Waals surface area contributed by atoms with Crippen LogP contribution in [-0.4, -0.2) is 50.6 Å². The Morgan fingerprint density at radius 1 is 1.07 bits per heavy atom. The number of nitrogens with one attached hydrogen (secondary N) is 2.